The van der Waals surface area contributed by atoms with Crippen LogP contribution in [0.5, 0.6) is 0 Å². The maximum atomic E-state index is 12.2. The standard InChI is InChI=1S/C16H25N3O/c1-3-9-19(15-10-17-11-15)12-16(20)18-13(2)14-7-5-4-6-8-14/h4-8,13,15,17H,3,9-12H2,1-2H3,(H,18,20). The van der Waals surface area contributed by atoms with Gasteiger partial charge in [0.15, 0.2) is 0 Å². The fourth-order valence-electron chi connectivity index (χ4n) is 2.51. The summed E-state index contributed by atoms with van der Waals surface area (Å²) >= 11 is 0. The summed E-state index contributed by atoms with van der Waals surface area (Å²) in [6.45, 7) is 7.67. The molecule has 1 aromatic carbocycles. The number of benzene rings is 1. The van der Waals surface area contributed by atoms with E-state index in [9.17, 15) is 4.79 Å². The summed E-state index contributed by atoms with van der Waals surface area (Å²) in [4.78, 5) is 14.5. The van der Waals surface area contributed by atoms with Gasteiger partial charge in [0.2, 0.25) is 5.91 Å². The van der Waals surface area contributed by atoms with Gasteiger partial charge in [0, 0.05) is 19.1 Å². The second-order valence-electron chi connectivity index (χ2n) is 5.48. The molecule has 1 saturated heterocycles. The van der Waals surface area contributed by atoms with Gasteiger partial charge in [-0.3, -0.25) is 9.69 Å². The molecule has 0 radical (unpaired) electrons. The lowest BCUT2D eigenvalue weighted by atomic mass is 10.1. The molecule has 0 spiro atoms. The molecule has 4 heteroatoms. The topological polar surface area (TPSA) is 44.4 Å². The summed E-state index contributed by atoms with van der Waals surface area (Å²) in [7, 11) is 0. The Morgan fingerprint density at radius 1 is 1.40 bits per heavy atom. The van der Waals surface area contributed by atoms with E-state index in [1.54, 1.807) is 0 Å². The number of carbonyl (C=O) groups is 1. The first kappa shape index (κ1) is 15.0. The highest BCUT2D eigenvalue weighted by Crippen LogP contribution is 2.11. The fraction of sp³-hybridized carbons (Fsp3) is 0.562. The number of hydrogen-bond donors (Lipinski definition) is 2. The highest BCUT2D eigenvalue weighted by molar-refractivity contribution is 5.78. The summed E-state index contributed by atoms with van der Waals surface area (Å²) in [6, 6.07) is 10.7. The van der Waals surface area contributed by atoms with Crippen molar-refractivity contribution in [3.05, 3.63) is 35.9 Å². The van der Waals surface area contributed by atoms with Crippen LogP contribution in [-0.4, -0.2) is 43.0 Å². The minimum absolute atomic E-state index is 0.0618. The number of rotatable bonds is 7. The zero-order valence-corrected chi connectivity index (χ0v) is 12.4. The molecule has 1 aliphatic heterocycles. The van der Waals surface area contributed by atoms with E-state index in [1.165, 1.54) is 0 Å². The van der Waals surface area contributed by atoms with E-state index in [4.69, 9.17) is 0 Å². The Bertz CT molecular complexity index is 417. The number of carbonyl (C=O) groups excluding carboxylic acids is 1. The van der Waals surface area contributed by atoms with Crippen molar-refractivity contribution in [2.45, 2.75) is 32.4 Å². The average Bonchev–Trinajstić information content (AvgIpc) is 2.37. The lowest BCUT2D eigenvalue weighted by molar-refractivity contribution is -0.123. The molecule has 0 aromatic heterocycles. The van der Waals surface area contributed by atoms with Gasteiger partial charge in [-0.15, -0.1) is 0 Å². The van der Waals surface area contributed by atoms with Gasteiger partial charge in [-0.2, -0.15) is 0 Å². The first-order chi connectivity index (χ1) is 9.70. The number of amides is 1. The van der Waals surface area contributed by atoms with Crippen molar-refractivity contribution in [2.24, 2.45) is 0 Å². The summed E-state index contributed by atoms with van der Waals surface area (Å²) in [5, 5.41) is 6.35. The van der Waals surface area contributed by atoms with Crippen molar-refractivity contribution >= 4 is 5.91 Å². The molecule has 1 fully saturated rings. The van der Waals surface area contributed by atoms with Crippen molar-refractivity contribution in [1.82, 2.24) is 15.5 Å². The Labute approximate surface area is 121 Å². The first-order valence-electron chi connectivity index (χ1n) is 7.49. The zero-order valence-electron chi connectivity index (χ0n) is 12.4. The molecular weight excluding hydrogens is 250 g/mol. The lowest BCUT2D eigenvalue weighted by Gasteiger charge is -2.37. The SMILES string of the molecule is CCCN(CC(=O)NC(C)c1ccccc1)C1CNC1. The maximum absolute atomic E-state index is 12.2. The quantitative estimate of drug-likeness (QED) is 0.793. The van der Waals surface area contributed by atoms with Crippen LogP contribution >= 0.6 is 0 Å². The predicted molar refractivity (Wildman–Crippen MR) is 81.5 cm³/mol. The molecule has 1 unspecified atom stereocenters. The summed E-state index contributed by atoms with van der Waals surface area (Å²) in [5.74, 6) is 0.113. The molecule has 0 aliphatic carbocycles. The molecule has 2 rings (SSSR count). The van der Waals surface area contributed by atoms with Crippen LogP contribution in [0.3, 0.4) is 0 Å². The van der Waals surface area contributed by atoms with E-state index in [-0.39, 0.29) is 11.9 Å². The smallest absolute Gasteiger partial charge is 0.234 e. The molecule has 0 bridgehead atoms. The highest BCUT2D eigenvalue weighted by atomic mass is 16.2. The van der Waals surface area contributed by atoms with Gasteiger partial charge >= 0.3 is 0 Å². The molecule has 1 aromatic rings. The van der Waals surface area contributed by atoms with Crippen LogP contribution < -0.4 is 10.6 Å². The van der Waals surface area contributed by atoms with E-state index in [2.05, 4.69) is 22.5 Å². The molecule has 1 atom stereocenters. The maximum Gasteiger partial charge on any atom is 0.234 e. The van der Waals surface area contributed by atoms with Crippen molar-refractivity contribution in [2.75, 3.05) is 26.2 Å². The number of nitrogens with one attached hydrogen (secondary N) is 2. The lowest BCUT2D eigenvalue weighted by Crippen LogP contribution is -2.59. The van der Waals surface area contributed by atoms with Gasteiger partial charge in [0.25, 0.3) is 0 Å². The Kier molecular flexibility index (Phi) is 5.56. The van der Waals surface area contributed by atoms with Crippen LogP contribution in [0.2, 0.25) is 0 Å². The minimum Gasteiger partial charge on any atom is -0.348 e. The Balaban J connectivity index is 1.84. The van der Waals surface area contributed by atoms with Crippen LogP contribution in [0, 0.1) is 0 Å². The molecule has 20 heavy (non-hydrogen) atoms. The van der Waals surface area contributed by atoms with E-state index in [1.807, 2.05) is 37.3 Å². The second-order valence-corrected chi connectivity index (χ2v) is 5.48. The van der Waals surface area contributed by atoms with Gasteiger partial charge in [-0.25, -0.2) is 0 Å². The van der Waals surface area contributed by atoms with Crippen molar-refractivity contribution in [3.63, 3.8) is 0 Å². The van der Waals surface area contributed by atoms with E-state index < -0.39 is 0 Å². The van der Waals surface area contributed by atoms with Gasteiger partial charge in [0.1, 0.15) is 0 Å². The fourth-order valence-corrected chi connectivity index (χ4v) is 2.51. The van der Waals surface area contributed by atoms with Crippen LogP contribution in [0.4, 0.5) is 0 Å². The Morgan fingerprint density at radius 2 is 2.10 bits per heavy atom. The second kappa shape index (κ2) is 7.41. The molecule has 2 N–H and O–H groups in total. The van der Waals surface area contributed by atoms with Gasteiger partial charge in [0.05, 0.1) is 12.6 Å². The van der Waals surface area contributed by atoms with Crippen molar-refractivity contribution in [3.8, 4) is 0 Å². The van der Waals surface area contributed by atoms with E-state index in [0.29, 0.717) is 12.6 Å². The third kappa shape index (κ3) is 4.05. The molecule has 110 valence electrons. The number of nitrogens with zero attached hydrogens (tertiary/aromatic N) is 1. The molecule has 0 saturated carbocycles. The highest BCUT2D eigenvalue weighted by Gasteiger charge is 2.25. The van der Waals surface area contributed by atoms with Crippen LogP contribution in [0.1, 0.15) is 31.9 Å². The molecule has 1 aliphatic rings. The molecule has 1 heterocycles. The predicted octanol–water partition coefficient (Wildman–Crippen LogP) is 1.55. The third-order valence-electron chi connectivity index (χ3n) is 3.81. The van der Waals surface area contributed by atoms with Crippen LogP contribution in [0.25, 0.3) is 0 Å². The van der Waals surface area contributed by atoms with Crippen LogP contribution in [-0.2, 0) is 4.79 Å². The summed E-state index contributed by atoms with van der Waals surface area (Å²) in [6.07, 6.45) is 1.08. The Morgan fingerprint density at radius 3 is 2.65 bits per heavy atom. The normalized spacial score (nSPS) is 16.8. The minimum atomic E-state index is 0.0618. The van der Waals surface area contributed by atoms with Crippen LogP contribution in [0.15, 0.2) is 30.3 Å². The zero-order chi connectivity index (χ0) is 14.4. The third-order valence-corrected chi connectivity index (χ3v) is 3.81. The number of hydrogen-bond acceptors (Lipinski definition) is 3. The molecule has 1 amide bonds. The van der Waals surface area contributed by atoms with E-state index in [0.717, 1.165) is 31.6 Å². The van der Waals surface area contributed by atoms with Gasteiger partial charge in [-0.1, -0.05) is 37.3 Å². The van der Waals surface area contributed by atoms with E-state index >= 15 is 0 Å². The monoisotopic (exact) mass is 275 g/mol. The van der Waals surface area contributed by atoms with Crippen molar-refractivity contribution < 1.29 is 4.79 Å². The van der Waals surface area contributed by atoms with Crippen molar-refractivity contribution in [1.29, 1.82) is 0 Å². The average molecular weight is 275 g/mol. The first-order valence-corrected chi connectivity index (χ1v) is 7.49. The molecular formula is C16H25N3O. The summed E-state index contributed by atoms with van der Waals surface area (Å²) in [5.41, 5.74) is 1.15. The van der Waals surface area contributed by atoms with Gasteiger partial charge < -0.3 is 10.6 Å². The van der Waals surface area contributed by atoms with Gasteiger partial charge in [-0.05, 0) is 25.5 Å². The Hall–Kier alpha value is -1.39. The summed E-state index contributed by atoms with van der Waals surface area (Å²) < 4.78 is 0. The molecule has 4 nitrogen and oxygen atoms in total. The largest absolute Gasteiger partial charge is 0.348 e.